The number of hydrogen-bond donors (Lipinski definition) is 3. The van der Waals surface area contributed by atoms with Crippen LogP contribution in [0, 0.1) is 5.82 Å². The molecule has 4 N–H and O–H groups in total. The molecule has 1 aliphatic heterocycles. The Balaban J connectivity index is 2.05. The number of rotatable bonds is 4. The van der Waals surface area contributed by atoms with Crippen LogP contribution in [0.2, 0.25) is 0 Å². The summed E-state index contributed by atoms with van der Waals surface area (Å²) < 4.78 is 39.4. The highest BCUT2D eigenvalue weighted by Gasteiger charge is 2.23. The van der Waals surface area contributed by atoms with Crippen molar-refractivity contribution in [3.8, 4) is 0 Å². The fourth-order valence-electron chi connectivity index (χ4n) is 1.80. The minimum absolute atomic E-state index is 0.0834. The molecule has 1 unspecified atom stereocenters. The number of benzene rings is 1. The van der Waals surface area contributed by atoms with Gasteiger partial charge in [0.15, 0.2) is 0 Å². The lowest BCUT2D eigenvalue weighted by Crippen LogP contribution is -2.38. The highest BCUT2D eigenvalue weighted by atomic mass is 32.2. The van der Waals surface area contributed by atoms with Crippen LogP contribution in [0.15, 0.2) is 23.1 Å². The van der Waals surface area contributed by atoms with Crippen molar-refractivity contribution in [1.29, 1.82) is 0 Å². The molecule has 1 saturated heterocycles. The summed E-state index contributed by atoms with van der Waals surface area (Å²) in [5.74, 6) is -0.875. The number of sulfonamides is 1. The molecule has 6 nitrogen and oxygen atoms in total. The molecule has 1 heterocycles. The second-order valence-electron chi connectivity index (χ2n) is 4.34. The van der Waals surface area contributed by atoms with E-state index in [0.717, 1.165) is 6.07 Å². The molecule has 1 aromatic rings. The van der Waals surface area contributed by atoms with Crippen LogP contribution in [-0.4, -0.2) is 26.9 Å². The second-order valence-corrected chi connectivity index (χ2v) is 6.11. The Bertz CT molecular complexity index is 603. The Labute approximate surface area is 110 Å². The molecule has 8 heteroatoms. The van der Waals surface area contributed by atoms with Crippen LogP contribution in [0.1, 0.15) is 12.8 Å². The summed E-state index contributed by atoms with van der Waals surface area (Å²) in [5, 5.41) is 2.64. The van der Waals surface area contributed by atoms with E-state index in [1.165, 1.54) is 12.1 Å². The predicted molar refractivity (Wildman–Crippen MR) is 67.2 cm³/mol. The summed E-state index contributed by atoms with van der Waals surface area (Å²) in [5.41, 5.74) is 5.17. The van der Waals surface area contributed by atoms with Gasteiger partial charge in [0.05, 0.1) is 10.6 Å². The molecule has 1 aliphatic rings. The monoisotopic (exact) mass is 287 g/mol. The van der Waals surface area contributed by atoms with Crippen LogP contribution in [-0.2, 0) is 14.8 Å². The van der Waals surface area contributed by atoms with E-state index in [4.69, 9.17) is 5.73 Å². The van der Waals surface area contributed by atoms with Crippen LogP contribution in [0.4, 0.5) is 10.1 Å². The van der Waals surface area contributed by atoms with E-state index in [2.05, 4.69) is 10.0 Å². The van der Waals surface area contributed by atoms with Crippen molar-refractivity contribution >= 4 is 21.6 Å². The number of carbonyl (C=O) groups is 1. The molecular weight excluding hydrogens is 273 g/mol. The quantitative estimate of drug-likeness (QED) is 0.677. The van der Waals surface area contributed by atoms with Gasteiger partial charge < -0.3 is 11.1 Å². The summed E-state index contributed by atoms with van der Waals surface area (Å²) in [7, 11) is -3.80. The normalized spacial score (nSPS) is 19.4. The Morgan fingerprint density at radius 1 is 1.47 bits per heavy atom. The van der Waals surface area contributed by atoms with Crippen molar-refractivity contribution in [1.82, 2.24) is 10.0 Å². The van der Waals surface area contributed by atoms with Crippen molar-refractivity contribution in [3.63, 3.8) is 0 Å². The topological polar surface area (TPSA) is 101 Å². The third-order valence-electron chi connectivity index (χ3n) is 2.89. The third-order valence-corrected chi connectivity index (χ3v) is 4.31. The zero-order valence-electron chi connectivity index (χ0n) is 10.0. The van der Waals surface area contributed by atoms with Gasteiger partial charge in [-0.3, -0.25) is 4.79 Å². The van der Waals surface area contributed by atoms with E-state index >= 15 is 0 Å². The van der Waals surface area contributed by atoms with Gasteiger partial charge in [-0.15, -0.1) is 0 Å². The van der Waals surface area contributed by atoms with Gasteiger partial charge in [0.2, 0.25) is 15.9 Å². The summed E-state index contributed by atoms with van der Waals surface area (Å²) in [6.45, 7) is 0.0834. The van der Waals surface area contributed by atoms with Gasteiger partial charge in [0.25, 0.3) is 0 Å². The maximum absolute atomic E-state index is 13.2. The van der Waals surface area contributed by atoms with Gasteiger partial charge in [-0.25, -0.2) is 17.5 Å². The minimum Gasteiger partial charge on any atom is -0.396 e. The number of amides is 1. The lowest BCUT2D eigenvalue weighted by Gasteiger charge is -2.12. The first-order chi connectivity index (χ1) is 8.88. The number of nitrogens with one attached hydrogen (secondary N) is 2. The molecule has 1 fully saturated rings. The average molecular weight is 287 g/mol. The molecule has 1 aromatic carbocycles. The molecular formula is C11H14FN3O3S. The van der Waals surface area contributed by atoms with Gasteiger partial charge in [-0.2, -0.15) is 0 Å². The number of hydrogen-bond acceptors (Lipinski definition) is 4. The van der Waals surface area contributed by atoms with E-state index < -0.39 is 15.8 Å². The number of carbonyl (C=O) groups excluding carboxylic acids is 1. The molecule has 1 amide bonds. The first kappa shape index (κ1) is 13.8. The molecule has 19 heavy (non-hydrogen) atoms. The zero-order chi connectivity index (χ0) is 14.0. The summed E-state index contributed by atoms with van der Waals surface area (Å²) >= 11 is 0. The zero-order valence-corrected chi connectivity index (χ0v) is 10.8. The largest absolute Gasteiger partial charge is 0.396 e. The van der Waals surface area contributed by atoms with Gasteiger partial charge in [-0.05, 0) is 24.6 Å². The maximum Gasteiger partial charge on any atom is 0.240 e. The molecule has 104 valence electrons. The summed E-state index contributed by atoms with van der Waals surface area (Å²) in [4.78, 5) is 10.8. The Morgan fingerprint density at radius 2 is 2.21 bits per heavy atom. The molecule has 0 radical (unpaired) electrons. The van der Waals surface area contributed by atoms with Crippen molar-refractivity contribution in [2.45, 2.75) is 23.8 Å². The first-order valence-electron chi connectivity index (χ1n) is 5.72. The number of nitrogen functional groups attached to an aromatic ring is 1. The standard InChI is InChI=1S/C11H14FN3O3S/c12-9-5-8(2-3-10(9)13)19(17,18)14-6-7-1-4-11(16)15-7/h2-3,5,7,14H,1,4,6,13H2,(H,15,16). The Hall–Kier alpha value is -1.67. The van der Waals surface area contributed by atoms with Crippen LogP contribution < -0.4 is 15.8 Å². The average Bonchev–Trinajstić information content (AvgIpc) is 2.76. The van der Waals surface area contributed by atoms with Crippen LogP contribution in [0.5, 0.6) is 0 Å². The van der Waals surface area contributed by atoms with E-state index in [1.807, 2.05) is 0 Å². The second kappa shape index (κ2) is 5.14. The minimum atomic E-state index is -3.80. The number of halogens is 1. The van der Waals surface area contributed by atoms with Crippen molar-refractivity contribution in [3.05, 3.63) is 24.0 Å². The van der Waals surface area contributed by atoms with E-state index in [9.17, 15) is 17.6 Å². The van der Waals surface area contributed by atoms with Crippen molar-refractivity contribution in [2.75, 3.05) is 12.3 Å². The fourth-order valence-corrected chi connectivity index (χ4v) is 2.89. The maximum atomic E-state index is 13.2. The number of nitrogens with two attached hydrogens (primary N) is 1. The highest BCUT2D eigenvalue weighted by molar-refractivity contribution is 7.89. The van der Waals surface area contributed by atoms with E-state index in [1.54, 1.807) is 0 Å². The molecule has 2 rings (SSSR count). The third kappa shape index (κ3) is 3.21. The molecule has 0 spiro atoms. The van der Waals surface area contributed by atoms with Crippen molar-refractivity contribution < 1.29 is 17.6 Å². The first-order valence-corrected chi connectivity index (χ1v) is 7.21. The van der Waals surface area contributed by atoms with Gasteiger partial charge in [0, 0.05) is 19.0 Å². The lowest BCUT2D eigenvalue weighted by atomic mass is 10.2. The van der Waals surface area contributed by atoms with E-state index in [-0.39, 0.29) is 29.1 Å². The molecule has 0 aliphatic carbocycles. The van der Waals surface area contributed by atoms with Crippen molar-refractivity contribution in [2.24, 2.45) is 0 Å². The van der Waals surface area contributed by atoms with Crippen LogP contribution in [0.3, 0.4) is 0 Å². The van der Waals surface area contributed by atoms with E-state index in [0.29, 0.717) is 12.8 Å². The van der Waals surface area contributed by atoms with Gasteiger partial charge in [0.1, 0.15) is 5.82 Å². The molecule has 1 atom stereocenters. The smallest absolute Gasteiger partial charge is 0.240 e. The number of anilines is 1. The van der Waals surface area contributed by atoms with Gasteiger partial charge >= 0.3 is 0 Å². The molecule has 0 saturated carbocycles. The predicted octanol–water partition coefficient (Wildman–Crippen LogP) is -0.0352. The van der Waals surface area contributed by atoms with Crippen LogP contribution in [0.25, 0.3) is 0 Å². The summed E-state index contributed by atoms with van der Waals surface area (Å²) in [6, 6.07) is 3.07. The molecule has 0 aromatic heterocycles. The van der Waals surface area contributed by atoms with Crippen LogP contribution >= 0.6 is 0 Å². The molecule has 0 bridgehead atoms. The highest BCUT2D eigenvalue weighted by Crippen LogP contribution is 2.16. The lowest BCUT2D eigenvalue weighted by molar-refractivity contribution is -0.119. The summed E-state index contributed by atoms with van der Waals surface area (Å²) in [6.07, 6.45) is 0.973. The Morgan fingerprint density at radius 3 is 2.79 bits per heavy atom. The Kier molecular flexibility index (Phi) is 3.72. The fraction of sp³-hybridized carbons (Fsp3) is 0.364. The van der Waals surface area contributed by atoms with Gasteiger partial charge in [-0.1, -0.05) is 0 Å². The SMILES string of the molecule is Nc1ccc(S(=O)(=O)NCC2CCC(=O)N2)cc1F.